The topological polar surface area (TPSA) is 81.4 Å². The number of aromatic nitrogens is 2. The summed E-state index contributed by atoms with van der Waals surface area (Å²) >= 11 is 0. The summed E-state index contributed by atoms with van der Waals surface area (Å²) in [5, 5.41) is 10.9. The molecule has 0 radical (unpaired) electrons. The number of para-hydroxylation sites is 1. The molecular formula is C21H22N2O4. The summed E-state index contributed by atoms with van der Waals surface area (Å²) in [5.74, 6) is 0.317. The van der Waals surface area contributed by atoms with Crippen molar-refractivity contribution >= 4 is 16.7 Å². The molecule has 0 saturated heterocycles. The Morgan fingerprint density at radius 3 is 2.74 bits per heavy atom. The minimum atomic E-state index is -0.190. The van der Waals surface area contributed by atoms with Gasteiger partial charge in [0.15, 0.2) is 5.78 Å². The van der Waals surface area contributed by atoms with E-state index in [1.54, 1.807) is 24.3 Å². The van der Waals surface area contributed by atoms with Gasteiger partial charge in [-0.3, -0.25) is 14.2 Å². The summed E-state index contributed by atoms with van der Waals surface area (Å²) in [6.45, 7) is 3.99. The lowest BCUT2D eigenvalue weighted by Crippen LogP contribution is -2.23. The Morgan fingerprint density at radius 1 is 1.22 bits per heavy atom. The van der Waals surface area contributed by atoms with Crippen molar-refractivity contribution in [2.45, 2.75) is 33.2 Å². The highest BCUT2D eigenvalue weighted by atomic mass is 16.5. The molecule has 27 heavy (non-hydrogen) atoms. The predicted octanol–water partition coefficient (Wildman–Crippen LogP) is 3.34. The van der Waals surface area contributed by atoms with E-state index in [0.717, 1.165) is 6.42 Å². The zero-order valence-corrected chi connectivity index (χ0v) is 15.4. The second kappa shape index (κ2) is 8.03. The number of rotatable bonds is 7. The van der Waals surface area contributed by atoms with Gasteiger partial charge in [0.25, 0.3) is 5.56 Å². The lowest BCUT2D eigenvalue weighted by atomic mass is 10.0. The Morgan fingerprint density at radius 2 is 2.00 bits per heavy atom. The van der Waals surface area contributed by atoms with Crippen LogP contribution in [0.15, 0.2) is 47.5 Å². The van der Waals surface area contributed by atoms with E-state index >= 15 is 0 Å². The van der Waals surface area contributed by atoms with Gasteiger partial charge >= 0.3 is 0 Å². The van der Waals surface area contributed by atoms with Crippen molar-refractivity contribution in [1.82, 2.24) is 9.55 Å². The third-order valence-electron chi connectivity index (χ3n) is 4.44. The van der Waals surface area contributed by atoms with E-state index in [-0.39, 0.29) is 23.7 Å². The van der Waals surface area contributed by atoms with Crippen molar-refractivity contribution in [3.63, 3.8) is 0 Å². The third-order valence-corrected chi connectivity index (χ3v) is 4.44. The molecule has 1 N–H and O–H groups in total. The van der Waals surface area contributed by atoms with Crippen LogP contribution in [0, 0.1) is 0 Å². The van der Waals surface area contributed by atoms with Crippen LogP contribution in [0.5, 0.6) is 11.5 Å². The van der Waals surface area contributed by atoms with E-state index in [4.69, 9.17) is 4.74 Å². The van der Waals surface area contributed by atoms with Crippen molar-refractivity contribution in [3.8, 4) is 11.5 Å². The molecule has 140 valence electrons. The fourth-order valence-electron chi connectivity index (χ4n) is 3.05. The van der Waals surface area contributed by atoms with E-state index in [2.05, 4.69) is 4.98 Å². The normalized spacial score (nSPS) is 10.9. The van der Waals surface area contributed by atoms with Crippen LogP contribution in [-0.2, 0) is 13.0 Å². The number of hydrogen-bond acceptors (Lipinski definition) is 5. The molecule has 0 spiro atoms. The number of nitrogens with zero attached hydrogens (tertiary/aromatic N) is 2. The largest absolute Gasteiger partial charge is 0.507 e. The summed E-state index contributed by atoms with van der Waals surface area (Å²) in [6, 6.07) is 10.5. The van der Waals surface area contributed by atoms with Gasteiger partial charge in [-0.05, 0) is 37.6 Å². The molecule has 0 amide bonds. The monoisotopic (exact) mass is 366 g/mol. The maximum atomic E-state index is 12.5. The molecule has 0 aliphatic rings. The van der Waals surface area contributed by atoms with Crippen molar-refractivity contribution in [1.29, 1.82) is 0 Å². The molecule has 2 aromatic carbocycles. The Hall–Kier alpha value is -3.15. The first kappa shape index (κ1) is 18.6. The highest BCUT2D eigenvalue weighted by Gasteiger charge is 2.16. The molecule has 6 nitrogen and oxygen atoms in total. The lowest BCUT2D eigenvalue weighted by molar-refractivity contribution is 0.101. The number of aromatic hydroxyl groups is 1. The minimum absolute atomic E-state index is 0.0219. The molecule has 0 fully saturated rings. The molecule has 0 saturated carbocycles. The lowest BCUT2D eigenvalue weighted by Gasteiger charge is -2.15. The summed E-state index contributed by atoms with van der Waals surface area (Å²) in [5.41, 5.74) is 1.46. The van der Waals surface area contributed by atoms with Crippen molar-refractivity contribution in [2.75, 3.05) is 6.61 Å². The molecule has 1 heterocycles. The quantitative estimate of drug-likeness (QED) is 0.649. The Bertz CT molecular complexity index is 1040. The fourth-order valence-corrected chi connectivity index (χ4v) is 3.05. The smallest absolute Gasteiger partial charge is 0.261 e. The first-order valence-corrected chi connectivity index (χ1v) is 8.95. The number of carbonyl (C=O) groups is 1. The molecule has 3 rings (SSSR count). The number of benzene rings is 2. The van der Waals surface area contributed by atoms with Crippen LogP contribution >= 0.6 is 0 Å². The standard InChI is InChI=1S/C21H22N2O4/c1-3-6-17-19(10-9-15(14(2)24)20(17)25)27-12-11-23-13-22-18-8-5-4-7-16(18)21(23)26/h4-5,7-10,13,25H,3,6,11-12H2,1-2H3. The summed E-state index contributed by atoms with van der Waals surface area (Å²) < 4.78 is 7.32. The van der Waals surface area contributed by atoms with Gasteiger partial charge in [0, 0.05) is 5.56 Å². The molecule has 0 bridgehead atoms. The molecule has 6 heteroatoms. The SMILES string of the molecule is CCCc1c(OCCn2cnc3ccccc3c2=O)ccc(C(C)=O)c1O. The van der Waals surface area contributed by atoms with E-state index in [1.165, 1.54) is 17.8 Å². The first-order chi connectivity index (χ1) is 13.0. The molecule has 3 aromatic rings. The van der Waals surface area contributed by atoms with E-state index < -0.39 is 0 Å². The predicted molar refractivity (Wildman–Crippen MR) is 104 cm³/mol. The van der Waals surface area contributed by atoms with Crippen LogP contribution in [-0.4, -0.2) is 27.0 Å². The van der Waals surface area contributed by atoms with Gasteiger partial charge in [-0.1, -0.05) is 25.5 Å². The number of phenolic OH excluding ortho intramolecular Hbond substituents is 1. The van der Waals surface area contributed by atoms with Crippen molar-refractivity contribution < 1.29 is 14.6 Å². The van der Waals surface area contributed by atoms with Gasteiger partial charge in [0.2, 0.25) is 0 Å². The first-order valence-electron chi connectivity index (χ1n) is 8.95. The van der Waals surface area contributed by atoms with E-state index in [9.17, 15) is 14.7 Å². The summed E-state index contributed by atoms with van der Waals surface area (Å²) in [7, 11) is 0. The molecular weight excluding hydrogens is 344 g/mol. The van der Waals surface area contributed by atoms with Gasteiger partial charge < -0.3 is 9.84 Å². The van der Waals surface area contributed by atoms with Crippen LogP contribution in [0.2, 0.25) is 0 Å². The van der Waals surface area contributed by atoms with Gasteiger partial charge in [-0.2, -0.15) is 0 Å². The highest BCUT2D eigenvalue weighted by molar-refractivity contribution is 5.97. The Kier molecular flexibility index (Phi) is 5.54. The van der Waals surface area contributed by atoms with Gasteiger partial charge in [0.1, 0.15) is 18.1 Å². The number of Topliss-reactive ketones (excluding diaryl/α,β-unsaturated/α-hetero) is 1. The number of ether oxygens (including phenoxy) is 1. The average molecular weight is 366 g/mol. The third kappa shape index (κ3) is 3.84. The van der Waals surface area contributed by atoms with Gasteiger partial charge in [-0.15, -0.1) is 0 Å². The van der Waals surface area contributed by atoms with Crippen molar-refractivity contribution in [2.24, 2.45) is 0 Å². The number of ketones is 1. The molecule has 0 aliphatic carbocycles. The van der Waals surface area contributed by atoms with Crippen LogP contribution in [0.3, 0.4) is 0 Å². The maximum Gasteiger partial charge on any atom is 0.261 e. The number of fused-ring (bicyclic) bond motifs is 1. The number of phenols is 1. The van der Waals surface area contributed by atoms with Crippen LogP contribution in [0.1, 0.15) is 36.2 Å². The maximum absolute atomic E-state index is 12.5. The number of hydrogen-bond donors (Lipinski definition) is 1. The van der Waals surface area contributed by atoms with E-state index in [1.807, 2.05) is 19.1 Å². The average Bonchev–Trinajstić information content (AvgIpc) is 2.66. The Balaban J connectivity index is 1.79. The van der Waals surface area contributed by atoms with Gasteiger partial charge in [-0.25, -0.2) is 4.98 Å². The molecule has 0 unspecified atom stereocenters. The number of carbonyl (C=O) groups excluding carboxylic acids is 1. The van der Waals surface area contributed by atoms with Crippen LogP contribution < -0.4 is 10.3 Å². The second-order valence-corrected chi connectivity index (χ2v) is 6.35. The molecule has 0 aliphatic heterocycles. The molecule has 1 aromatic heterocycles. The van der Waals surface area contributed by atoms with Gasteiger partial charge in [0.05, 0.1) is 29.3 Å². The second-order valence-electron chi connectivity index (χ2n) is 6.35. The zero-order valence-electron chi connectivity index (χ0n) is 15.4. The van der Waals surface area contributed by atoms with E-state index in [0.29, 0.717) is 40.7 Å². The summed E-state index contributed by atoms with van der Waals surface area (Å²) in [6.07, 6.45) is 2.91. The minimum Gasteiger partial charge on any atom is -0.507 e. The summed E-state index contributed by atoms with van der Waals surface area (Å²) in [4.78, 5) is 28.4. The van der Waals surface area contributed by atoms with Crippen LogP contribution in [0.4, 0.5) is 0 Å². The van der Waals surface area contributed by atoms with Crippen molar-refractivity contribution in [3.05, 3.63) is 64.2 Å². The highest BCUT2D eigenvalue weighted by Crippen LogP contribution is 2.32. The zero-order chi connectivity index (χ0) is 19.4. The van der Waals surface area contributed by atoms with Crippen LogP contribution in [0.25, 0.3) is 10.9 Å². The fraction of sp³-hybridized carbons (Fsp3) is 0.286. The Labute approximate surface area is 157 Å². The molecule has 0 atom stereocenters.